The molecule has 0 aliphatic heterocycles. The normalized spacial score (nSPS) is 14.0. The summed E-state index contributed by atoms with van der Waals surface area (Å²) < 4.78 is 5.97. The highest BCUT2D eigenvalue weighted by atomic mass is 16.5. The number of carboxylic acid groups (broad SMARTS) is 1. The first-order valence-electron chi connectivity index (χ1n) is 9.30. The molecule has 1 N–H and O–H groups in total. The predicted molar refractivity (Wildman–Crippen MR) is 112 cm³/mol. The van der Waals surface area contributed by atoms with E-state index in [4.69, 9.17) is 4.74 Å². The van der Waals surface area contributed by atoms with Gasteiger partial charge in [-0.3, -0.25) is 0 Å². The molecule has 0 heterocycles. The third kappa shape index (κ3) is 4.49. The quantitative estimate of drug-likeness (QED) is 0.872. The highest BCUT2D eigenvalue weighted by Crippen LogP contribution is 2.33. The molecule has 0 saturated heterocycles. The molecule has 0 fully saturated rings. The van der Waals surface area contributed by atoms with Crippen LogP contribution in [-0.2, 0) is 9.53 Å². The topological polar surface area (TPSA) is 70.3 Å². The Bertz CT molecular complexity index is 1050. The van der Waals surface area contributed by atoms with Gasteiger partial charge in [-0.05, 0) is 80.8 Å². The van der Waals surface area contributed by atoms with Gasteiger partial charge in [-0.15, -0.1) is 0 Å². The Morgan fingerprint density at radius 3 is 2.39 bits per heavy atom. The summed E-state index contributed by atoms with van der Waals surface area (Å²) in [7, 11) is 0. The van der Waals surface area contributed by atoms with Crippen molar-refractivity contribution in [2.24, 2.45) is 0 Å². The van der Waals surface area contributed by atoms with Gasteiger partial charge in [0.1, 0.15) is 0 Å². The molecular formula is C24H27NO3. The van der Waals surface area contributed by atoms with E-state index in [9.17, 15) is 15.2 Å². The molecule has 0 amide bonds. The van der Waals surface area contributed by atoms with Gasteiger partial charge in [0.25, 0.3) is 0 Å². The van der Waals surface area contributed by atoms with E-state index in [1.807, 2.05) is 71.9 Å². The van der Waals surface area contributed by atoms with Crippen LogP contribution < -0.4 is 10.4 Å². The molecule has 1 atom stereocenters. The minimum atomic E-state index is -1.12. The van der Waals surface area contributed by atoms with Crippen LogP contribution in [0, 0.1) is 18.3 Å². The van der Waals surface area contributed by atoms with Gasteiger partial charge in [0.2, 0.25) is 0 Å². The van der Waals surface area contributed by atoms with Crippen LogP contribution in [0.5, 0.6) is 0 Å². The summed E-state index contributed by atoms with van der Waals surface area (Å²) in [5.41, 5.74) is 2.95. The fourth-order valence-electron chi connectivity index (χ4n) is 3.40. The molecule has 0 saturated carbocycles. The van der Waals surface area contributed by atoms with E-state index >= 15 is 0 Å². The second-order valence-corrected chi connectivity index (χ2v) is 7.70. The van der Waals surface area contributed by atoms with Crippen molar-refractivity contribution < 1.29 is 14.6 Å². The molecule has 0 aliphatic rings. The van der Waals surface area contributed by atoms with Crippen LogP contribution in [-0.4, -0.2) is 16.7 Å². The van der Waals surface area contributed by atoms with Gasteiger partial charge in [-0.25, -0.2) is 4.79 Å². The minimum Gasteiger partial charge on any atom is -0.479 e. The minimum absolute atomic E-state index is 0.526. The van der Waals surface area contributed by atoms with Gasteiger partial charge in [0, 0.05) is 5.56 Å². The van der Waals surface area contributed by atoms with Gasteiger partial charge in [-0.2, -0.15) is 5.26 Å². The van der Waals surface area contributed by atoms with Crippen LogP contribution in [0.2, 0.25) is 0 Å². The van der Waals surface area contributed by atoms with Crippen molar-refractivity contribution in [2.75, 3.05) is 0 Å². The predicted octanol–water partition coefficient (Wildman–Crippen LogP) is 4.08. The van der Waals surface area contributed by atoms with Gasteiger partial charge >= 0.3 is 5.97 Å². The van der Waals surface area contributed by atoms with Crippen molar-refractivity contribution in [2.45, 2.75) is 53.2 Å². The first kappa shape index (κ1) is 21.4. The van der Waals surface area contributed by atoms with Crippen LogP contribution in [0.3, 0.4) is 0 Å². The van der Waals surface area contributed by atoms with Gasteiger partial charge in [-0.1, -0.05) is 30.4 Å². The third-order valence-electron chi connectivity index (χ3n) is 4.48. The van der Waals surface area contributed by atoms with Crippen LogP contribution in [0.4, 0.5) is 0 Å². The second kappa shape index (κ2) is 8.41. The van der Waals surface area contributed by atoms with E-state index in [0.29, 0.717) is 11.1 Å². The largest absolute Gasteiger partial charge is 0.479 e. The number of carboxylic acids is 1. The molecule has 4 heteroatoms. The number of aryl methyl sites for hydroxylation is 1. The van der Waals surface area contributed by atoms with Crippen molar-refractivity contribution in [3.63, 3.8) is 0 Å². The van der Waals surface area contributed by atoms with E-state index in [-0.39, 0.29) is 0 Å². The number of rotatable bonds is 4. The molecule has 2 aromatic rings. The summed E-state index contributed by atoms with van der Waals surface area (Å²) in [6, 6.07) is 11.4. The molecule has 0 bridgehead atoms. The Hall–Kier alpha value is -2.90. The summed E-state index contributed by atoms with van der Waals surface area (Å²) in [5.74, 6) is -1.04. The lowest BCUT2D eigenvalue weighted by Crippen LogP contribution is -2.33. The molecule has 0 aliphatic carbocycles. The number of hydrogen-bond acceptors (Lipinski definition) is 3. The van der Waals surface area contributed by atoms with Crippen molar-refractivity contribution in [3.05, 3.63) is 57.5 Å². The number of carbonyl (C=O) groups is 1. The molecule has 2 rings (SSSR count). The summed E-state index contributed by atoms with van der Waals surface area (Å²) >= 11 is 0. The van der Waals surface area contributed by atoms with Crippen molar-refractivity contribution in [3.8, 4) is 17.2 Å². The number of nitriles is 1. The van der Waals surface area contributed by atoms with Gasteiger partial charge < -0.3 is 9.84 Å². The molecule has 28 heavy (non-hydrogen) atoms. The number of ether oxygens (including phenoxy) is 1. The Morgan fingerprint density at radius 2 is 1.89 bits per heavy atom. The number of benzene rings is 2. The van der Waals surface area contributed by atoms with Crippen LogP contribution >= 0.6 is 0 Å². The molecule has 0 aromatic heterocycles. The first-order valence-corrected chi connectivity index (χ1v) is 9.30. The standard InChI is InChI=1S/C24H27NO3/c1-7-17-12-15(3)20(22(23(26)27)28-24(4,5)6)21(19(17)8-2)18-11-9-10-16(13-18)14-25/h7-13,22H,1-6H3,(H,26,27). The summed E-state index contributed by atoms with van der Waals surface area (Å²) in [6.07, 6.45) is 2.86. The van der Waals surface area contributed by atoms with Crippen molar-refractivity contribution in [1.82, 2.24) is 0 Å². The van der Waals surface area contributed by atoms with Gasteiger partial charge in [0.05, 0.1) is 17.2 Å². The van der Waals surface area contributed by atoms with Crippen LogP contribution in [0.1, 0.15) is 57.4 Å². The average Bonchev–Trinajstić information content (AvgIpc) is 2.64. The Labute approximate surface area is 166 Å². The first-order chi connectivity index (χ1) is 13.1. The van der Waals surface area contributed by atoms with Gasteiger partial charge in [0.15, 0.2) is 6.10 Å². The smallest absolute Gasteiger partial charge is 0.337 e. The zero-order valence-corrected chi connectivity index (χ0v) is 17.3. The average molecular weight is 377 g/mol. The van der Waals surface area contributed by atoms with Crippen molar-refractivity contribution in [1.29, 1.82) is 5.26 Å². The fraction of sp³-hybridized carbons (Fsp3) is 0.333. The zero-order chi connectivity index (χ0) is 21.1. The lowest BCUT2D eigenvalue weighted by molar-refractivity contribution is -0.160. The monoisotopic (exact) mass is 377 g/mol. The van der Waals surface area contributed by atoms with E-state index in [1.165, 1.54) is 0 Å². The maximum absolute atomic E-state index is 12.2. The highest BCUT2D eigenvalue weighted by Gasteiger charge is 2.31. The molecule has 4 nitrogen and oxygen atoms in total. The fourth-order valence-corrected chi connectivity index (χ4v) is 3.40. The Morgan fingerprint density at radius 1 is 1.21 bits per heavy atom. The lowest BCUT2D eigenvalue weighted by atomic mass is 9.88. The van der Waals surface area contributed by atoms with Crippen LogP contribution in [0.15, 0.2) is 30.3 Å². The summed E-state index contributed by atoms with van der Waals surface area (Å²) in [6.45, 7) is 11.3. The molecule has 1 unspecified atom stereocenters. The highest BCUT2D eigenvalue weighted by molar-refractivity contribution is 5.82. The maximum Gasteiger partial charge on any atom is 0.337 e. The number of aliphatic carboxylic acids is 1. The second-order valence-electron chi connectivity index (χ2n) is 7.70. The molecular weight excluding hydrogens is 350 g/mol. The number of nitrogens with zero attached hydrogens (tertiary/aromatic N) is 1. The maximum atomic E-state index is 12.2. The van der Waals surface area contributed by atoms with Crippen LogP contribution in [0.25, 0.3) is 23.3 Å². The molecule has 146 valence electrons. The lowest BCUT2D eigenvalue weighted by Gasteiger charge is -2.28. The van der Waals surface area contributed by atoms with E-state index in [1.54, 1.807) is 12.1 Å². The summed E-state index contributed by atoms with van der Waals surface area (Å²) in [5, 5.41) is 21.3. The van der Waals surface area contributed by atoms with Crippen molar-refractivity contribution >= 4 is 18.1 Å². The SMILES string of the molecule is CC=c1cc(C)c(C(OC(C)(C)C)C(=O)O)c(-c2cccc(C#N)c2)c1=CC. The zero-order valence-electron chi connectivity index (χ0n) is 17.3. The van der Waals surface area contributed by atoms with E-state index < -0.39 is 17.7 Å². The molecule has 2 aromatic carbocycles. The molecule has 0 radical (unpaired) electrons. The molecule has 0 spiro atoms. The summed E-state index contributed by atoms with van der Waals surface area (Å²) in [4.78, 5) is 12.2. The number of hydrogen-bond donors (Lipinski definition) is 1. The van der Waals surface area contributed by atoms with E-state index in [2.05, 4.69) is 6.07 Å². The Balaban J connectivity index is 3.01. The third-order valence-corrected chi connectivity index (χ3v) is 4.48. The van der Waals surface area contributed by atoms with E-state index in [0.717, 1.165) is 27.1 Å². The Kier molecular flexibility index (Phi) is 6.43.